The van der Waals surface area contributed by atoms with Gasteiger partial charge in [0.15, 0.2) is 0 Å². The second-order valence-corrected chi connectivity index (χ2v) is 28.4. The Labute approximate surface area is 560 Å². The molecule has 0 saturated carbocycles. The Balaban J connectivity index is 1.41. The topological polar surface area (TPSA) is 97.8 Å². The summed E-state index contributed by atoms with van der Waals surface area (Å²) in [6.45, 7) is 19.9. The zero-order valence-corrected chi connectivity index (χ0v) is 58.5. The number of nitrogens with zero attached hydrogens (tertiary/aromatic N) is 3. The number of rotatable bonds is 36. The molecule has 0 bridgehead atoms. The van der Waals surface area contributed by atoms with E-state index in [0.29, 0.717) is 17.1 Å². The van der Waals surface area contributed by atoms with Crippen molar-refractivity contribution in [3.8, 4) is 66.8 Å². The highest BCUT2D eigenvalue weighted by Crippen LogP contribution is 2.72. The Kier molecular flexibility index (Phi) is 23.6. The van der Waals surface area contributed by atoms with Gasteiger partial charge in [-0.3, -0.25) is 0 Å². The van der Waals surface area contributed by atoms with Crippen LogP contribution in [0.25, 0.3) is 66.8 Å². The molecule has 0 fully saturated rings. The summed E-state index contributed by atoms with van der Waals surface area (Å²) in [5.74, 6) is 0. The van der Waals surface area contributed by atoms with Crippen LogP contribution < -0.4 is 0 Å². The number of fused-ring (bicyclic) bond motifs is 12. The fraction of sp³-hybridized carbons (Fsp3) is 0.483. The smallest absolute Gasteiger partial charge is 0.0836 e. The van der Waals surface area contributed by atoms with Crippen LogP contribution in [0.5, 0.6) is 0 Å². The van der Waals surface area contributed by atoms with Crippen LogP contribution >= 0.6 is 0 Å². The molecule has 3 aliphatic rings. The maximum Gasteiger partial charge on any atom is 0.0836 e. The Bertz CT molecular complexity index is 3290. The minimum atomic E-state index is -0.256. The lowest BCUT2D eigenvalue weighted by atomic mass is 9.63. The maximum atomic E-state index is 9.89. The largest absolute Gasteiger partial charge is 0.411 e. The Morgan fingerprint density at radius 3 is 0.667 bits per heavy atom. The summed E-state index contributed by atoms with van der Waals surface area (Å²) >= 11 is 0. The monoisotopic (exact) mass is 1250 g/mol. The first-order valence-corrected chi connectivity index (χ1v) is 37.1. The van der Waals surface area contributed by atoms with E-state index in [4.69, 9.17) is 0 Å². The van der Waals surface area contributed by atoms with Crippen LogP contribution in [-0.2, 0) is 16.2 Å². The lowest BCUT2D eigenvalue weighted by Crippen LogP contribution is -2.31. The molecule has 6 nitrogen and oxygen atoms in total. The van der Waals surface area contributed by atoms with Crippen LogP contribution in [0.15, 0.2) is 143 Å². The van der Waals surface area contributed by atoms with Gasteiger partial charge in [0.2, 0.25) is 0 Å². The van der Waals surface area contributed by atoms with E-state index in [-0.39, 0.29) is 16.2 Å². The van der Waals surface area contributed by atoms with E-state index in [1.165, 1.54) is 204 Å². The molecule has 93 heavy (non-hydrogen) atoms. The van der Waals surface area contributed by atoms with Crippen molar-refractivity contribution in [1.29, 1.82) is 0 Å². The highest BCUT2D eigenvalue weighted by Gasteiger charge is 2.58. The molecule has 0 aliphatic heterocycles. The van der Waals surface area contributed by atoms with Crippen molar-refractivity contribution in [3.63, 3.8) is 0 Å². The van der Waals surface area contributed by atoms with E-state index in [2.05, 4.69) is 184 Å². The quantitative estimate of drug-likeness (QED) is 0.0158. The molecule has 3 aliphatic carbocycles. The molecule has 0 atom stereocenters. The first-order valence-electron chi connectivity index (χ1n) is 37.1. The standard InChI is InChI=1S/C87H111N3O3/c1-10-16-22-28-52-85(53-29-23-17-11-2)76-58-70(67-40-34-64(35-41-67)61(7)88-91)46-49-73(76)79-82(85)80-74-50-47-71(68-42-36-65(37-43-68)62(8)89-92)59-77(74)86(54-30-24-18-12-3,55-31-25-19-13-4)84(80)81-75-51-48-72(69-44-38-66(39-45-69)63(9)90-93)60-78(75)87(83(79)81,56-32-26-20-14-5)57-33-27-21-15-6/h34-51,58-60,91-93H,10-33,52-57H2,1-9H3/b88-61+,89-62+,90-63+. The summed E-state index contributed by atoms with van der Waals surface area (Å²) in [5.41, 5.74) is 30.0. The van der Waals surface area contributed by atoms with Crippen LogP contribution in [0, 0.1) is 0 Å². The van der Waals surface area contributed by atoms with Gasteiger partial charge in [-0.1, -0.05) is 320 Å². The molecule has 0 saturated heterocycles. The molecule has 0 radical (unpaired) electrons. The predicted molar refractivity (Wildman–Crippen MR) is 396 cm³/mol. The van der Waals surface area contributed by atoms with Crippen LogP contribution in [0.3, 0.4) is 0 Å². The summed E-state index contributed by atoms with van der Waals surface area (Å²) in [5, 5.41) is 40.5. The molecule has 0 spiro atoms. The van der Waals surface area contributed by atoms with E-state index in [1.54, 1.807) is 50.1 Å². The van der Waals surface area contributed by atoms with Crippen molar-refractivity contribution < 1.29 is 15.6 Å². The molecule has 3 N–H and O–H groups in total. The fourth-order valence-corrected chi connectivity index (χ4v) is 17.4. The van der Waals surface area contributed by atoms with Gasteiger partial charge >= 0.3 is 0 Å². The van der Waals surface area contributed by atoms with Gasteiger partial charge < -0.3 is 15.6 Å². The SMILES string of the molecule is CCCCCCC1(CCCCCC)c2cc(-c3ccc(/C(C)=N/O)cc3)ccc2-c2c1c1c(c3c2C(CCCCCC)(CCCCCC)c2cc(-c4ccc(/C(C)=N/O)cc4)ccc2-3)C(CCCCCC)(CCCCCC)c2cc(-c3ccc(/C(C)=N/O)cc3)ccc2-1. The summed E-state index contributed by atoms with van der Waals surface area (Å²) in [6, 6.07) is 49.7. The van der Waals surface area contributed by atoms with Crippen molar-refractivity contribution in [1.82, 2.24) is 0 Å². The Hall–Kier alpha value is -7.05. The molecule has 0 unspecified atom stereocenters. The average Bonchev–Trinajstić information content (AvgIpc) is 1.48. The minimum absolute atomic E-state index is 0.256. The van der Waals surface area contributed by atoms with Gasteiger partial charge in [-0.25, -0.2) is 0 Å². The molecule has 0 amide bonds. The molecular weight excluding hydrogens is 1130 g/mol. The summed E-state index contributed by atoms with van der Waals surface area (Å²) < 4.78 is 0. The van der Waals surface area contributed by atoms with E-state index in [0.717, 1.165) is 55.2 Å². The summed E-state index contributed by atoms with van der Waals surface area (Å²) in [6.07, 6.45) is 35.7. The van der Waals surface area contributed by atoms with Gasteiger partial charge in [0.25, 0.3) is 0 Å². The lowest BCUT2D eigenvalue weighted by Gasteiger charge is -2.40. The zero-order valence-electron chi connectivity index (χ0n) is 58.5. The fourth-order valence-electron chi connectivity index (χ4n) is 17.4. The van der Waals surface area contributed by atoms with Gasteiger partial charge in [0.05, 0.1) is 17.1 Å². The number of oxime groups is 3. The van der Waals surface area contributed by atoms with E-state index >= 15 is 0 Å². The van der Waals surface area contributed by atoms with Gasteiger partial charge in [0.1, 0.15) is 0 Å². The van der Waals surface area contributed by atoms with Crippen molar-refractivity contribution in [2.75, 3.05) is 0 Å². The predicted octanol–water partition coefficient (Wildman–Crippen LogP) is 25.9. The lowest BCUT2D eigenvalue weighted by molar-refractivity contribution is 0.319. The summed E-state index contributed by atoms with van der Waals surface area (Å²) in [7, 11) is 0. The van der Waals surface area contributed by atoms with E-state index in [1.807, 2.05) is 20.8 Å². The zero-order chi connectivity index (χ0) is 65.5. The van der Waals surface area contributed by atoms with E-state index < -0.39 is 0 Å². The van der Waals surface area contributed by atoms with Crippen molar-refractivity contribution in [3.05, 3.63) is 177 Å². The highest BCUT2D eigenvalue weighted by molar-refractivity contribution is 6.07. The van der Waals surface area contributed by atoms with E-state index in [9.17, 15) is 15.6 Å². The van der Waals surface area contributed by atoms with Crippen LogP contribution in [0.4, 0.5) is 0 Å². The Morgan fingerprint density at radius 1 is 0.269 bits per heavy atom. The van der Waals surface area contributed by atoms with Crippen molar-refractivity contribution >= 4 is 17.1 Å². The van der Waals surface area contributed by atoms with Crippen molar-refractivity contribution in [2.45, 2.75) is 271 Å². The number of benzene rings is 7. The molecule has 0 aromatic heterocycles. The highest BCUT2D eigenvalue weighted by atomic mass is 16.4. The van der Waals surface area contributed by atoms with Crippen LogP contribution in [-0.4, -0.2) is 32.8 Å². The molecule has 10 rings (SSSR count). The van der Waals surface area contributed by atoms with Gasteiger partial charge in [-0.15, -0.1) is 0 Å². The van der Waals surface area contributed by atoms with Crippen LogP contribution in [0.2, 0.25) is 0 Å². The van der Waals surface area contributed by atoms with Gasteiger partial charge in [-0.05, 0) is 194 Å². The molecule has 6 heteroatoms. The molecule has 7 aromatic rings. The minimum Gasteiger partial charge on any atom is -0.411 e. The van der Waals surface area contributed by atoms with Crippen molar-refractivity contribution in [2.24, 2.45) is 15.5 Å². The second-order valence-electron chi connectivity index (χ2n) is 28.4. The third kappa shape index (κ3) is 13.8. The second kappa shape index (κ2) is 31.9. The molecule has 7 aromatic carbocycles. The maximum absolute atomic E-state index is 9.89. The molecule has 492 valence electrons. The van der Waals surface area contributed by atoms with Crippen LogP contribution in [0.1, 0.15) is 305 Å². The third-order valence-corrected chi connectivity index (χ3v) is 22.4. The first-order chi connectivity index (χ1) is 45.5. The average molecular weight is 1250 g/mol. The molecule has 0 heterocycles. The van der Waals surface area contributed by atoms with Gasteiger partial charge in [-0.2, -0.15) is 0 Å². The number of hydrogen-bond donors (Lipinski definition) is 3. The number of unbranched alkanes of at least 4 members (excludes halogenated alkanes) is 18. The van der Waals surface area contributed by atoms with Gasteiger partial charge in [0, 0.05) is 16.2 Å². The molecular formula is C87H111N3O3. The number of hydrogen-bond acceptors (Lipinski definition) is 6. The Morgan fingerprint density at radius 2 is 0.473 bits per heavy atom. The first kappa shape index (κ1) is 68.8. The normalized spacial score (nSPS) is 14.9. The summed E-state index contributed by atoms with van der Waals surface area (Å²) in [4.78, 5) is 0. The third-order valence-electron chi connectivity index (χ3n) is 22.4.